The predicted octanol–water partition coefficient (Wildman–Crippen LogP) is 4.62. The maximum Gasteiger partial charge on any atom is 0.235 e. The van der Waals surface area contributed by atoms with Gasteiger partial charge < -0.3 is 10.1 Å². The smallest absolute Gasteiger partial charge is 0.235 e. The molecule has 1 amide bonds. The molecular formula is C20H18ClN3O2S. The molecule has 0 saturated carbocycles. The van der Waals surface area contributed by atoms with Crippen molar-refractivity contribution in [2.45, 2.75) is 12.2 Å². The van der Waals surface area contributed by atoms with Gasteiger partial charge in [-0.25, -0.2) is 4.68 Å². The molecule has 4 rings (SSSR count). The Labute approximate surface area is 166 Å². The summed E-state index contributed by atoms with van der Waals surface area (Å²) in [6.45, 7) is 1.97. The second kappa shape index (κ2) is 7.29. The molecule has 0 saturated heterocycles. The zero-order valence-corrected chi connectivity index (χ0v) is 16.5. The zero-order chi connectivity index (χ0) is 19.0. The van der Waals surface area contributed by atoms with Crippen LogP contribution in [0.15, 0.2) is 48.5 Å². The van der Waals surface area contributed by atoms with Crippen LogP contribution in [0.2, 0.25) is 5.02 Å². The number of nitrogens with zero attached hydrogens (tertiary/aromatic N) is 2. The van der Waals surface area contributed by atoms with Crippen molar-refractivity contribution in [2.24, 2.45) is 0 Å². The van der Waals surface area contributed by atoms with Gasteiger partial charge in [0.2, 0.25) is 5.91 Å². The molecular weight excluding hydrogens is 382 g/mol. The fourth-order valence-electron chi connectivity index (χ4n) is 3.22. The summed E-state index contributed by atoms with van der Waals surface area (Å²) in [6.07, 6.45) is 0. The molecule has 3 aromatic rings. The van der Waals surface area contributed by atoms with Crippen molar-refractivity contribution in [1.82, 2.24) is 9.78 Å². The van der Waals surface area contributed by atoms with E-state index in [9.17, 15) is 4.79 Å². The van der Waals surface area contributed by atoms with Crippen molar-refractivity contribution in [3.05, 3.63) is 70.4 Å². The van der Waals surface area contributed by atoms with Crippen LogP contribution >= 0.6 is 23.4 Å². The van der Waals surface area contributed by atoms with Crippen LogP contribution in [0, 0.1) is 6.92 Å². The molecule has 1 atom stereocenters. The Morgan fingerprint density at radius 3 is 2.74 bits per heavy atom. The highest BCUT2D eigenvalue weighted by Crippen LogP contribution is 2.44. The quantitative estimate of drug-likeness (QED) is 0.698. The van der Waals surface area contributed by atoms with Crippen LogP contribution in [0.5, 0.6) is 5.75 Å². The number of carbonyl (C=O) groups excluding carboxylic acids is 1. The number of rotatable bonds is 3. The third kappa shape index (κ3) is 3.42. The highest BCUT2D eigenvalue weighted by molar-refractivity contribution is 8.00. The molecule has 0 aliphatic carbocycles. The van der Waals surface area contributed by atoms with Crippen molar-refractivity contribution >= 4 is 35.1 Å². The zero-order valence-electron chi connectivity index (χ0n) is 14.9. The van der Waals surface area contributed by atoms with Gasteiger partial charge in [0.15, 0.2) is 0 Å². The van der Waals surface area contributed by atoms with E-state index in [1.54, 1.807) is 23.6 Å². The Bertz CT molecular complexity index is 1000. The Morgan fingerprint density at radius 1 is 1.26 bits per heavy atom. The van der Waals surface area contributed by atoms with Crippen molar-refractivity contribution in [3.63, 3.8) is 0 Å². The van der Waals surface area contributed by atoms with E-state index in [2.05, 4.69) is 5.32 Å². The topological polar surface area (TPSA) is 56.1 Å². The maximum atomic E-state index is 12.4. The summed E-state index contributed by atoms with van der Waals surface area (Å²) < 4.78 is 7.02. The van der Waals surface area contributed by atoms with E-state index in [4.69, 9.17) is 21.4 Å². The van der Waals surface area contributed by atoms with E-state index in [-0.39, 0.29) is 11.2 Å². The van der Waals surface area contributed by atoms with Gasteiger partial charge in [-0.2, -0.15) is 5.10 Å². The summed E-state index contributed by atoms with van der Waals surface area (Å²) >= 11 is 7.75. The highest BCUT2D eigenvalue weighted by Gasteiger charge is 2.30. The van der Waals surface area contributed by atoms with Crippen LogP contribution in [0.4, 0.5) is 5.82 Å². The number of methoxy groups -OCH3 is 1. The van der Waals surface area contributed by atoms with Crippen LogP contribution in [0.25, 0.3) is 5.69 Å². The van der Waals surface area contributed by atoms with E-state index >= 15 is 0 Å². The molecule has 7 heteroatoms. The number of halogens is 1. The summed E-state index contributed by atoms with van der Waals surface area (Å²) in [6, 6.07) is 15.4. The molecule has 0 fully saturated rings. The summed E-state index contributed by atoms with van der Waals surface area (Å²) in [5.41, 5.74) is 3.80. The number of benzene rings is 2. The average molecular weight is 400 g/mol. The number of anilines is 1. The Kier molecular flexibility index (Phi) is 4.85. The van der Waals surface area contributed by atoms with Gasteiger partial charge in [-0.1, -0.05) is 29.8 Å². The molecule has 138 valence electrons. The Morgan fingerprint density at radius 2 is 2.04 bits per heavy atom. The summed E-state index contributed by atoms with van der Waals surface area (Å²) in [4.78, 5) is 12.4. The van der Waals surface area contributed by atoms with Crippen molar-refractivity contribution in [3.8, 4) is 11.4 Å². The number of amides is 1. The van der Waals surface area contributed by atoms with Gasteiger partial charge in [0, 0.05) is 10.6 Å². The molecule has 5 nitrogen and oxygen atoms in total. The SMILES string of the molecule is COc1ccc([C@@H]2SCC(=O)Nc3c2c(C)nn3-c2cccc(Cl)c2)cc1. The standard InChI is InChI=1S/C20H18ClN3O2S/c1-12-18-19(13-6-8-16(26-2)9-7-13)27-11-17(25)22-20(18)24(23-12)15-5-3-4-14(21)10-15/h3-10,19H,11H2,1-2H3,(H,22,25)/t19-/m0/s1. The lowest BCUT2D eigenvalue weighted by atomic mass is 10.0. The largest absolute Gasteiger partial charge is 0.497 e. The molecule has 0 spiro atoms. The number of thioether (sulfide) groups is 1. The third-order valence-corrected chi connectivity index (χ3v) is 5.98. The first-order valence-electron chi connectivity index (χ1n) is 8.47. The second-order valence-electron chi connectivity index (χ2n) is 6.25. The number of carbonyl (C=O) groups is 1. The monoisotopic (exact) mass is 399 g/mol. The Balaban J connectivity index is 1.86. The minimum absolute atomic E-state index is 0.00205. The van der Waals surface area contributed by atoms with E-state index < -0.39 is 0 Å². The fraction of sp³-hybridized carbons (Fsp3) is 0.200. The van der Waals surface area contributed by atoms with Crippen molar-refractivity contribution in [1.29, 1.82) is 0 Å². The maximum absolute atomic E-state index is 12.4. The molecule has 2 heterocycles. The number of hydrogen-bond acceptors (Lipinski definition) is 4. The van der Waals surface area contributed by atoms with Crippen molar-refractivity contribution in [2.75, 3.05) is 18.2 Å². The molecule has 0 unspecified atom stereocenters. The lowest BCUT2D eigenvalue weighted by Crippen LogP contribution is -2.15. The first-order valence-corrected chi connectivity index (χ1v) is 9.90. The van der Waals surface area contributed by atoms with Crippen LogP contribution in [-0.4, -0.2) is 28.6 Å². The number of nitrogens with one attached hydrogen (secondary N) is 1. The lowest BCUT2D eigenvalue weighted by molar-refractivity contribution is -0.113. The molecule has 1 aromatic heterocycles. The van der Waals surface area contributed by atoms with Crippen LogP contribution in [-0.2, 0) is 4.79 Å². The van der Waals surface area contributed by atoms with Gasteiger partial charge in [-0.3, -0.25) is 4.79 Å². The first-order chi connectivity index (χ1) is 13.1. The summed E-state index contributed by atoms with van der Waals surface area (Å²) in [7, 11) is 1.65. The van der Waals surface area contributed by atoms with Crippen molar-refractivity contribution < 1.29 is 9.53 Å². The Hall–Kier alpha value is -2.44. The number of aromatic nitrogens is 2. The normalized spacial score (nSPS) is 16.4. The summed E-state index contributed by atoms with van der Waals surface area (Å²) in [5, 5.41) is 8.34. The van der Waals surface area contributed by atoms with Gasteiger partial charge in [-0.05, 0) is 42.8 Å². The highest BCUT2D eigenvalue weighted by atomic mass is 35.5. The molecule has 1 N–H and O–H groups in total. The molecule has 0 bridgehead atoms. The first kappa shape index (κ1) is 17.9. The second-order valence-corrected chi connectivity index (χ2v) is 7.78. The number of fused-ring (bicyclic) bond motifs is 1. The van der Waals surface area contributed by atoms with Crippen LogP contribution < -0.4 is 10.1 Å². The summed E-state index contributed by atoms with van der Waals surface area (Å²) in [5.74, 6) is 1.84. The fourth-order valence-corrected chi connectivity index (χ4v) is 4.59. The van der Waals surface area contributed by atoms with Gasteiger partial charge in [-0.15, -0.1) is 11.8 Å². The minimum Gasteiger partial charge on any atom is -0.497 e. The van der Waals surface area contributed by atoms with E-state index in [0.29, 0.717) is 16.6 Å². The predicted molar refractivity (Wildman–Crippen MR) is 109 cm³/mol. The third-order valence-electron chi connectivity index (χ3n) is 4.48. The molecule has 0 radical (unpaired) electrons. The number of ether oxygens (including phenoxy) is 1. The molecule has 1 aliphatic rings. The van der Waals surface area contributed by atoms with E-state index in [1.807, 2.05) is 55.5 Å². The van der Waals surface area contributed by atoms with E-state index in [0.717, 1.165) is 28.3 Å². The average Bonchev–Trinajstić information content (AvgIpc) is 2.88. The minimum atomic E-state index is -0.0413. The van der Waals surface area contributed by atoms with Gasteiger partial charge >= 0.3 is 0 Å². The van der Waals surface area contributed by atoms with E-state index in [1.165, 1.54) is 0 Å². The van der Waals surface area contributed by atoms with Gasteiger partial charge in [0.05, 0.1) is 29.5 Å². The number of aryl methyl sites for hydroxylation is 1. The molecule has 2 aromatic carbocycles. The lowest BCUT2D eigenvalue weighted by Gasteiger charge is -2.16. The van der Waals surface area contributed by atoms with Crippen LogP contribution in [0.1, 0.15) is 22.1 Å². The van der Waals surface area contributed by atoms with Gasteiger partial charge in [0.1, 0.15) is 11.6 Å². The molecule has 27 heavy (non-hydrogen) atoms. The number of hydrogen-bond donors (Lipinski definition) is 1. The molecule has 1 aliphatic heterocycles. The van der Waals surface area contributed by atoms with Gasteiger partial charge in [0.25, 0.3) is 0 Å². The van der Waals surface area contributed by atoms with Crippen LogP contribution in [0.3, 0.4) is 0 Å².